The zero-order valence-electron chi connectivity index (χ0n) is 13.6. The van der Waals surface area contributed by atoms with Gasteiger partial charge in [0.25, 0.3) is 5.91 Å². The number of nitrogens with one attached hydrogen (secondary N) is 1. The Morgan fingerprint density at radius 3 is 2.64 bits per heavy atom. The molecular weight excluding hydrogens is 325 g/mol. The second-order valence-corrected chi connectivity index (χ2v) is 6.82. The lowest BCUT2D eigenvalue weighted by Crippen LogP contribution is -2.42. The molecule has 0 radical (unpaired) electrons. The van der Waals surface area contributed by atoms with Gasteiger partial charge in [0.1, 0.15) is 17.7 Å². The third-order valence-electron chi connectivity index (χ3n) is 5.17. The first-order valence-electron chi connectivity index (χ1n) is 8.49. The molecule has 1 saturated carbocycles. The van der Waals surface area contributed by atoms with E-state index in [1.807, 2.05) is 0 Å². The number of amides is 1. The molecule has 0 spiro atoms. The Morgan fingerprint density at radius 1 is 1.24 bits per heavy atom. The molecule has 2 fully saturated rings. The number of aliphatic hydroxyl groups is 1. The van der Waals surface area contributed by atoms with Crippen molar-refractivity contribution >= 4 is 5.91 Å². The summed E-state index contributed by atoms with van der Waals surface area (Å²) < 4.78 is 18.9. The van der Waals surface area contributed by atoms with Crippen molar-refractivity contribution in [2.75, 3.05) is 13.1 Å². The lowest BCUT2D eigenvalue weighted by atomic mass is 9.78. The minimum Gasteiger partial charge on any atom is -0.488 e. The predicted molar refractivity (Wildman–Crippen MR) is 87.5 cm³/mol. The Kier molecular flexibility index (Phi) is 4.17. The van der Waals surface area contributed by atoms with Crippen LogP contribution in [-0.4, -0.2) is 51.2 Å². The number of carbonyl (C=O) groups is 1. The summed E-state index contributed by atoms with van der Waals surface area (Å²) in [7, 11) is 0. The molecule has 0 bridgehead atoms. The number of benzene rings is 1. The van der Waals surface area contributed by atoms with Crippen LogP contribution >= 0.6 is 0 Å². The van der Waals surface area contributed by atoms with E-state index in [1.165, 1.54) is 12.1 Å². The Labute approximate surface area is 144 Å². The highest BCUT2D eigenvalue weighted by atomic mass is 19.1. The van der Waals surface area contributed by atoms with Gasteiger partial charge < -0.3 is 19.7 Å². The van der Waals surface area contributed by atoms with E-state index in [1.54, 1.807) is 29.4 Å². The third kappa shape index (κ3) is 3.24. The number of H-pyrrole nitrogens is 1. The van der Waals surface area contributed by atoms with Crippen LogP contribution in [0.25, 0.3) is 0 Å². The maximum absolute atomic E-state index is 13.0. The van der Waals surface area contributed by atoms with E-state index in [0.717, 1.165) is 0 Å². The fraction of sp³-hybridized carbons (Fsp3) is 0.444. The number of hydrogen-bond acceptors (Lipinski definition) is 4. The molecule has 2 aromatic rings. The van der Waals surface area contributed by atoms with E-state index in [-0.39, 0.29) is 29.7 Å². The molecule has 25 heavy (non-hydrogen) atoms. The number of likely N-dealkylation sites (tertiary alicyclic amines) is 1. The largest absolute Gasteiger partial charge is 0.488 e. The first-order valence-corrected chi connectivity index (χ1v) is 8.49. The van der Waals surface area contributed by atoms with Gasteiger partial charge in [-0.05, 0) is 48.9 Å². The number of fused-ring (bicyclic) bond motifs is 1. The van der Waals surface area contributed by atoms with Crippen molar-refractivity contribution in [1.29, 1.82) is 0 Å². The first-order chi connectivity index (χ1) is 12.1. The smallest absolute Gasteiger partial charge is 0.289 e. The molecule has 1 aromatic heterocycles. The molecule has 1 amide bonds. The van der Waals surface area contributed by atoms with Gasteiger partial charge in [-0.1, -0.05) is 0 Å². The first kappa shape index (κ1) is 16.1. The summed E-state index contributed by atoms with van der Waals surface area (Å²) in [6.45, 7) is 1.27. The molecule has 2 N–H and O–H groups in total. The quantitative estimate of drug-likeness (QED) is 0.890. The molecule has 1 aliphatic heterocycles. The molecule has 4 rings (SSSR count). The highest BCUT2D eigenvalue weighted by Gasteiger charge is 2.44. The standard InChI is InChI=1S/C18H20FN3O3/c19-13-1-3-14(4-2-13)25-16-8-12-10-22(9-11(12)7-15(16)23)18(24)17-20-5-6-21-17/h1-6,11-12,15-16,23H,7-10H2,(H,20,21)/t11-,12+,15+,16+/m0/s1. The number of ether oxygens (including phenoxy) is 1. The van der Waals surface area contributed by atoms with Crippen LogP contribution in [0.2, 0.25) is 0 Å². The Balaban J connectivity index is 1.41. The van der Waals surface area contributed by atoms with Crippen LogP contribution in [0.5, 0.6) is 5.75 Å². The number of nitrogens with zero attached hydrogens (tertiary/aromatic N) is 2. The number of hydrogen-bond donors (Lipinski definition) is 2. The van der Waals surface area contributed by atoms with Crippen LogP contribution < -0.4 is 4.74 Å². The Bertz CT molecular complexity index is 735. The van der Waals surface area contributed by atoms with E-state index in [9.17, 15) is 14.3 Å². The van der Waals surface area contributed by atoms with E-state index < -0.39 is 6.10 Å². The Hall–Kier alpha value is -2.41. The third-order valence-corrected chi connectivity index (χ3v) is 5.17. The number of aromatic amines is 1. The maximum atomic E-state index is 13.0. The molecule has 1 aliphatic carbocycles. The molecular formula is C18H20FN3O3. The molecule has 7 heteroatoms. The van der Waals surface area contributed by atoms with Gasteiger partial charge in [0.15, 0.2) is 5.82 Å². The molecule has 6 nitrogen and oxygen atoms in total. The van der Waals surface area contributed by atoms with Crippen molar-refractivity contribution in [3.63, 3.8) is 0 Å². The summed E-state index contributed by atoms with van der Waals surface area (Å²) in [4.78, 5) is 21.1. The van der Waals surface area contributed by atoms with E-state index >= 15 is 0 Å². The summed E-state index contributed by atoms with van der Waals surface area (Å²) in [6, 6.07) is 5.81. The van der Waals surface area contributed by atoms with Crippen LogP contribution in [0.15, 0.2) is 36.7 Å². The van der Waals surface area contributed by atoms with Gasteiger partial charge in [-0.15, -0.1) is 0 Å². The number of imidazole rings is 1. The number of rotatable bonds is 3. The number of aliphatic hydroxyl groups excluding tert-OH is 1. The van der Waals surface area contributed by atoms with Gasteiger partial charge in [0.2, 0.25) is 0 Å². The Morgan fingerprint density at radius 2 is 1.96 bits per heavy atom. The average molecular weight is 345 g/mol. The van der Waals surface area contributed by atoms with E-state index in [0.29, 0.717) is 37.5 Å². The molecule has 2 heterocycles. The fourth-order valence-corrected chi connectivity index (χ4v) is 3.90. The van der Waals surface area contributed by atoms with Crippen molar-refractivity contribution in [3.8, 4) is 5.75 Å². The number of halogens is 1. The van der Waals surface area contributed by atoms with Gasteiger partial charge in [-0.25, -0.2) is 9.37 Å². The van der Waals surface area contributed by atoms with Crippen LogP contribution in [0.1, 0.15) is 23.5 Å². The summed E-state index contributed by atoms with van der Waals surface area (Å²) >= 11 is 0. The molecule has 0 unspecified atom stereocenters. The minimum atomic E-state index is -0.593. The summed E-state index contributed by atoms with van der Waals surface area (Å²) in [5, 5.41) is 10.4. The number of carbonyl (C=O) groups excluding carboxylic acids is 1. The molecule has 1 aromatic carbocycles. The normalized spacial score (nSPS) is 28.6. The second-order valence-electron chi connectivity index (χ2n) is 6.82. The molecule has 1 saturated heterocycles. The van der Waals surface area contributed by atoms with Crippen LogP contribution in [0, 0.1) is 17.7 Å². The van der Waals surface area contributed by atoms with Gasteiger partial charge in [0.05, 0.1) is 6.10 Å². The molecule has 132 valence electrons. The SMILES string of the molecule is O=C(c1ncc[nH]1)N1C[C@H]2C[C@@H](Oc3ccc(F)cc3)[C@H](O)C[C@H]2C1. The fourth-order valence-electron chi connectivity index (χ4n) is 3.90. The molecule has 4 atom stereocenters. The van der Waals surface area contributed by atoms with Crippen LogP contribution in [0.3, 0.4) is 0 Å². The summed E-state index contributed by atoms with van der Waals surface area (Å²) in [5.41, 5.74) is 0. The van der Waals surface area contributed by atoms with Gasteiger partial charge in [0, 0.05) is 25.5 Å². The van der Waals surface area contributed by atoms with Crippen molar-refractivity contribution in [2.45, 2.75) is 25.0 Å². The van der Waals surface area contributed by atoms with Crippen LogP contribution in [0.4, 0.5) is 4.39 Å². The highest BCUT2D eigenvalue weighted by Crippen LogP contribution is 2.38. The monoisotopic (exact) mass is 345 g/mol. The minimum absolute atomic E-state index is 0.107. The summed E-state index contributed by atoms with van der Waals surface area (Å²) in [5.74, 6) is 1.02. The average Bonchev–Trinajstić information content (AvgIpc) is 3.26. The van der Waals surface area contributed by atoms with Crippen LogP contribution in [-0.2, 0) is 0 Å². The molecule has 2 aliphatic rings. The van der Waals surface area contributed by atoms with Crippen molar-refractivity contribution in [3.05, 3.63) is 48.3 Å². The lowest BCUT2D eigenvalue weighted by Gasteiger charge is -2.35. The second kappa shape index (κ2) is 6.48. The zero-order valence-corrected chi connectivity index (χ0v) is 13.6. The number of aromatic nitrogens is 2. The van der Waals surface area contributed by atoms with Crippen molar-refractivity contribution < 1.29 is 19.0 Å². The van der Waals surface area contributed by atoms with Crippen molar-refractivity contribution in [2.24, 2.45) is 11.8 Å². The van der Waals surface area contributed by atoms with E-state index in [2.05, 4.69) is 9.97 Å². The maximum Gasteiger partial charge on any atom is 0.289 e. The van der Waals surface area contributed by atoms with Crippen molar-refractivity contribution in [1.82, 2.24) is 14.9 Å². The lowest BCUT2D eigenvalue weighted by molar-refractivity contribution is -0.0231. The van der Waals surface area contributed by atoms with Gasteiger partial charge >= 0.3 is 0 Å². The van der Waals surface area contributed by atoms with Gasteiger partial charge in [-0.3, -0.25) is 4.79 Å². The van der Waals surface area contributed by atoms with Gasteiger partial charge in [-0.2, -0.15) is 0 Å². The topological polar surface area (TPSA) is 78.5 Å². The summed E-state index contributed by atoms with van der Waals surface area (Å²) in [6.07, 6.45) is 3.53. The highest BCUT2D eigenvalue weighted by molar-refractivity contribution is 5.90. The predicted octanol–water partition coefficient (Wildman–Crippen LogP) is 1.84. The van der Waals surface area contributed by atoms with E-state index in [4.69, 9.17) is 4.74 Å². The zero-order chi connectivity index (χ0) is 17.4.